The molecule has 0 fully saturated rings. The van der Waals surface area contributed by atoms with Crippen molar-refractivity contribution in [1.82, 2.24) is 20.2 Å². The summed E-state index contributed by atoms with van der Waals surface area (Å²) >= 11 is 3.61. The van der Waals surface area contributed by atoms with E-state index in [0.29, 0.717) is 42.7 Å². The van der Waals surface area contributed by atoms with Gasteiger partial charge < -0.3 is 14.8 Å². The maximum atomic E-state index is 13.2. The summed E-state index contributed by atoms with van der Waals surface area (Å²) in [4.78, 5) is 13.2. The minimum Gasteiger partial charge on any atom is -0.490 e. The summed E-state index contributed by atoms with van der Waals surface area (Å²) in [5, 5.41) is 15.4. The lowest BCUT2D eigenvalue weighted by Crippen LogP contribution is -2.36. The Morgan fingerprint density at radius 3 is 2.72 bits per heavy atom. The number of fused-ring (bicyclic) bond motifs is 1. The van der Waals surface area contributed by atoms with E-state index in [4.69, 9.17) is 9.47 Å². The largest absolute Gasteiger partial charge is 0.490 e. The number of ketones is 1. The lowest BCUT2D eigenvalue weighted by atomic mass is 9.73. The summed E-state index contributed by atoms with van der Waals surface area (Å²) in [5.41, 5.74) is 2.35. The van der Waals surface area contributed by atoms with E-state index in [9.17, 15) is 4.79 Å². The molecule has 1 N–H and O–H groups in total. The third kappa shape index (κ3) is 3.52. The van der Waals surface area contributed by atoms with Crippen molar-refractivity contribution in [3.05, 3.63) is 33.4 Å². The van der Waals surface area contributed by atoms with Gasteiger partial charge in [-0.15, -0.1) is 0 Å². The number of allylic oxidation sites excluding steroid dienone is 2. The fraction of sp³-hybridized carbons (Fsp3) is 0.500. The number of anilines is 1. The first-order valence-corrected chi connectivity index (χ1v) is 10.5. The standard InChI is InChI=1S/C20H24BrN5O3/c1-5-28-15-8-11(7-12(21)18(15)29-6-2)17-16-13(9-20(3,4)10-14(16)27)22-19-23-24-25-26(17)19/h7-8,17H,5-6,9-10H2,1-4H3,(H,22,23,25). The van der Waals surface area contributed by atoms with Crippen LogP contribution in [0.15, 0.2) is 27.9 Å². The Bertz CT molecular complexity index is 998. The van der Waals surface area contributed by atoms with Crippen LogP contribution in [-0.4, -0.2) is 39.2 Å². The fourth-order valence-corrected chi connectivity index (χ4v) is 4.65. The SMILES string of the molecule is CCOc1cc(C2C3=C(CC(C)(C)CC3=O)Nc3nnnn32)cc(Br)c1OCC. The maximum absolute atomic E-state index is 13.2. The van der Waals surface area contributed by atoms with Gasteiger partial charge in [-0.1, -0.05) is 18.9 Å². The molecule has 8 nitrogen and oxygen atoms in total. The number of ether oxygens (including phenoxy) is 2. The average Bonchev–Trinajstić information content (AvgIpc) is 3.09. The summed E-state index contributed by atoms with van der Waals surface area (Å²) in [5.74, 6) is 1.91. The molecule has 1 aliphatic carbocycles. The van der Waals surface area contributed by atoms with Crippen molar-refractivity contribution in [3.63, 3.8) is 0 Å². The first-order valence-electron chi connectivity index (χ1n) is 9.74. The van der Waals surface area contributed by atoms with E-state index in [1.807, 2.05) is 26.0 Å². The van der Waals surface area contributed by atoms with Crippen LogP contribution in [0.5, 0.6) is 11.5 Å². The number of nitrogens with one attached hydrogen (secondary N) is 1. The predicted molar refractivity (Wildman–Crippen MR) is 111 cm³/mol. The molecule has 2 aliphatic rings. The van der Waals surface area contributed by atoms with Crippen molar-refractivity contribution in [2.24, 2.45) is 5.41 Å². The van der Waals surface area contributed by atoms with E-state index in [0.717, 1.165) is 22.2 Å². The number of rotatable bonds is 5. The van der Waals surface area contributed by atoms with Gasteiger partial charge in [0.05, 0.1) is 17.7 Å². The number of carbonyl (C=O) groups is 1. The van der Waals surface area contributed by atoms with Gasteiger partial charge in [0.1, 0.15) is 6.04 Å². The number of Topliss-reactive ketones (excluding diaryl/α,β-unsaturated/α-hetero) is 1. The molecule has 0 amide bonds. The Morgan fingerprint density at radius 2 is 2.00 bits per heavy atom. The zero-order valence-corrected chi connectivity index (χ0v) is 18.5. The van der Waals surface area contributed by atoms with E-state index in [1.54, 1.807) is 4.68 Å². The number of aromatic nitrogens is 4. The van der Waals surface area contributed by atoms with Crippen LogP contribution in [0, 0.1) is 5.41 Å². The molecule has 154 valence electrons. The molecule has 0 radical (unpaired) electrons. The number of halogens is 1. The van der Waals surface area contributed by atoms with Crippen molar-refractivity contribution in [2.75, 3.05) is 18.5 Å². The lowest BCUT2D eigenvalue weighted by molar-refractivity contribution is -0.118. The Labute approximate surface area is 177 Å². The smallest absolute Gasteiger partial charge is 0.248 e. The van der Waals surface area contributed by atoms with E-state index in [1.165, 1.54) is 0 Å². The summed E-state index contributed by atoms with van der Waals surface area (Å²) in [6.45, 7) is 9.07. The van der Waals surface area contributed by atoms with Crippen LogP contribution in [0.25, 0.3) is 0 Å². The molecule has 1 aliphatic heterocycles. The molecule has 0 saturated heterocycles. The Hall–Kier alpha value is -2.42. The van der Waals surface area contributed by atoms with Crippen LogP contribution in [0.3, 0.4) is 0 Å². The van der Waals surface area contributed by atoms with E-state index >= 15 is 0 Å². The van der Waals surface area contributed by atoms with Gasteiger partial charge in [-0.3, -0.25) is 4.79 Å². The first kappa shape index (κ1) is 19.9. The lowest BCUT2D eigenvalue weighted by Gasteiger charge is -2.38. The van der Waals surface area contributed by atoms with Crippen LogP contribution < -0.4 is 14.8 Å². The monoisotopic (exact) mass is 461 g/mol. The summed E-state index contributed by atoms with van der Waals surface area (Å²) in [7, 11) is 0. The number of hydrogen-bond donors (Lipinski definition) is 1. The van der Waals surface area contributed by atoms with Crippen LogP contribution >= 0.6 is 15.9 Å². The van der Waals surface area contributed by atoms with Crippen LogP contribution in [-0.2, 0) is 4.79 Å². The molecule has 4 rings (SSSR count). The minimum absolute atomic E-state index is 0.109. The molecule has 2 heterocycles. The van der Waals surface area contributed by atoms with Gasteiger partial charge in [0.25, 0.3) is 0 Å². The van der Waals surface area contributed by atoms with Gasteiger partial charge in [-0.05, 0) is 69.7 Å². The molecule has 0 saturated carbocycles. The minimum atomic E-state index is -0.425. The van der Waals surface area contributed by atoms with E-state index < -0.39 is 6.04 Å². The number of tetrazole rings is 1. The van der Waals surface area contributed by atoms with Crippen molar-refractivity contribution in [1.29, 1.82) is 0 Å². The normalized spacial score (nSPS) is 20.0. The number of hydrogen-bond acceptors (Lipinski definition) is 7. The number of carbonyl (C=O) groups excluding carboxylic acids is 1. The second kappa shape index (κ2) is 7.44. The number of nitrogens with zero attached hydrogens (tertiary/aromatic N) is 4. The highest BCUT2D eigenvalue weighted by Crippen LogP contribution is 2.47. The third-order valence-electron chi connectivity index (χ3n) is 5.13. The number of benzene rings is 1. The van der Waals surface area contributed by atoms with E-state index in [2.05, 4.69) is 50.6 Å². The zero-order valence-electron chi connectivity index (χ0n) is 17.0. The zero-order chi connectivity index (χ0) is 20.8. The molecule has 1 aromatic heterocycles. The molecule has 1 atom stereocenters. The molecule has 1 unspecified atom stereocenters. The molecule has 29 heavy (non-hydrogen) atoms. The molecular weight excluding hydrogens is 438 g/mol. The van der Waals surface area contributed by atoms with E-state index in [-0.39, 0.29) is 11.2 Å². The summed E-state index contributed by atoms with van der Waals surface area (Å²) in [6, 6.07) is 3.44. The quantitative estimate of drug-likeness (QED) is 0.721. The average molecular weight is 462 g/mol. The highest BCUT2D eigenvalue weighted by Gasteiger charge is 2.42. The molecule has 0 spiro atoms. The Kier molecular flexibility index (Phi) is 5.10. The van der Waals surface area contributed by atoms with Gasteiger partial charge in [-0.25, -0.2) is 0 Å². The summed E-state index contributed by atoms with van der Waals surface area (Å²) in [6.07, 6.45) is 1.24. The molecule has 9 heteroatoms. The highest BCUT2D eigenvalue weighted by molar-refractivity contribution is 9.10. The Morgan fingerprint density at radius 1 is 1.24 bits per heavy atom. The fourth-order valence-electron chi connectivity index (χ4n) is 4.07. The summed E-state index contributed by atoms with van der Waals surface area (Å²) < 4.78 is 14.0. The van der Waals surface area contributed by atoms with Gasteiger partial charge in [-0.2, -0.15) is 4.68 Å². The van der Waals surface area contributed by atoms with Gasteiger partial charge in [0.2, 0.25) is 5.95 Å². The van der Waals surface area contributed by atoms with Crippen molar-refractivity contribution < 1.29 is 14.3 Å². The third-order valence-corrected chi connectivity index (χ3v) is 5.72. The van der Waals surface area contributed by atoms with Crippen LogP contribution in [0.1, 0.15) is 52.1 Å². The second-order valence-corrected chi connectivity index (χ2v) is 8.86. The van der Waals surface area contributed by atoms with Gasteiger partial charge in [0, 0.05) is 17.7 Å². The van der Waals surface area contributed by atoms with Crippen LogP contribution in [0.2, 0.25) is 0 Å². The molecule has 1 aromatic carbocycles. The molecule has 0 bridgehead atoms. The maximum Gasteiger partial charge on any atom is 0.248 e. The Balaban J connectivity index is 1.89. The van der Waals surface area contributed by atoms with Gasteiger partial charge in [0.15, 0.2) is 17.3 Å². The van der Waals surface area contributed by atoms with Crippen molar-refractivity contribution in [2.45, 2.75) is 46.6 Å². The van der Waals surface area contributed by atoms with Gasteiger partial charge >= 0.3 is 0 Å². The molecule has 2 aromatic rings. The van der Waals surface area contributed by atoms with Crippen LogP contribution in [0.4, 0.5) is 5.95 Å². The predicted octanol–water partition coefficient (Wildman–Crippen LogP) is 3.89. The first-order chi connectivity index (χ1) is 13.8. The second-order valence-electron chi connectivity index (χ2n) is 8.00. The van der Waals surface area contributed by atoms with Crippen molar-refractivity contribution >= 4 is 27.7 Å². The molecular formula is C20H24BrN5O3. The highest BCUT2D eigenvalue weighted by atomic mass is 79.9. The topological polar surface area (TPSA) is 91.2 Å². The van der Waals surface area contributed by atoms with Crippen molar-refractivity contribution in [3.8, 4) is 11.5 Å².